The molecule has 0 radical (unpaired) electrons. The summed E-state index contributed by atoms with van der Waals surface area (Å²) < 4.78 is 13.3. The van der Waals surface area contributed by atoms with Gasteiger partial charge in [-0.15, -0.1) is 0 Å². The number of ether oxygens (including phenoxy) is 2. The average Bonchev–Trinajstić information content (AvgIpc) is 2.52. The molecule has 3 heterocycles. The van der Waals surface area contributed by atoms with Crippen LogP contribution >= 0.6 is 0 Å². The summed E-state index contributed by atoms with van der Waals surface area (Å²) in [6.07, 6.45) is 4.27. The van der Waals surface area contributed by atoms with Crippen LogP contribution in [-0.2, 0) is 11.3 Å². The van der Waals surface area contributed by atoms with Gasteiger partial charge in [0.25, 0.3) is 0 Å². The summed E-state index contributed by atoms with van der Waals surface area (Å²) >= 11 is 0. The number of nitrogens with zero attached hydrogens (tertiary/aromatic N) is 2. The van der Waals surface area contributed by atoms with Gasteiger partial charge in [0.1, 0.15) is 17.2 Å². The van der Waals surface area contributed by atoms with Crippen molar-refractivity contribution in [2.45, 2.75) is 6.54 Å². The summed E-state index contributed by atoms with van der Waals surface area (Å²) in [5.41, 5.74) is 3.69. The molecule has 0 aliphatic carbocycles. The van der Waals surface area contributed by atoms with Crippen LogP contribution in [0.3, 0.4) is 0 Å². The number of aromatic nitrogens is 1. The molecule has 102 valence electrons. The van der Waals surface area contributed by atoms with Crippen molar-refractivity contribution >= 4 is 22.3 Å². The molecule has 0 fully saturated rings. The lowest BCUT2D eigenvalue weighted by molar-refractivity contribution is -0.670. The highest BCUT2D eigenvalue weighted by Gasteiger charge is 2.32. The molecule has 0 spiro atoms. The van der Waals surface area contributed by atoms with Crippen LogP contribution in [0.5, 0.6) is 5.75 Å². The molecule has 1 aromatic heterocycles. The Hall–Kier alpha value is -2.23. The Kier molecular flexibility index (Phi) is 2.39. The summed E-state index contributed by atoms with van der Waals surface area (Å²) in [6, 6.07) is 6.31. The molecule has 4 heteroatoms. The molecule has 4 nitrogen and oxygen atoms in total. The van der Waals surface area contributed by atoms with E-state index in [1.54, 1.807) is 14.2 Å². The fourth-order valence-corrected chi connectivity index (χ4v) is 3.29. The van der Waals surface area contributed by atoms with Crippen molar-refractivity contribution in [2.75, 3.05) is 32.2 Å². The zero-order chi connectivity index (χ0) is 13.7. The number of pyridine rings is 1. The molecule has 2 aliphatic heterocycles. The molecule has 20 heavy (non-hydrogen) atoms. The molecular formula is C16H17N2O2+. The third-order valence-electron chi connectivity index (χ3n) is 4.24. The van der Waals surface area contributed by atoms with E-state index in [2.05, 4.69) is 33.9 Å². The fourth-order valence-electron chi connectivity index (χ4n) is 3.29. The molecule has 0 saturated carbocycles. The third kappa shape index (κ3) is 1.39. The summed E-state index contributed by atoms with van der Waals surface area (Å²) in [5.74, 6) is 1.89. The van der Waals surface area contributed by atoms with Gasteiger partial charge in [0.05, 0.1) is 26.2 Å². The fraction of sp³-hybridized carbons (Fsp3) is 0.312. The lowest BCUT2D eigenvalue weighted by Crippen LogP contribution is -2.47. The van der Waals surface area contributed by atoms with Crippen LogP contribution in [0, 0.1) is 0 Å². The largest absolute Gasteiger partial charge is 0.496 e. The Morgan fingerprint density at radius 2 is 2.05 bits per heavy atom. The van der Waals surface area contributed by atoms with Crippen LogP contribution in [0.2, 0.25) is 0 Å². The quantitative estimate of drug-likeness (QED) is 0.779. The topological polar surface area (TPSA) is 25.6 Å². The van der Waals surface area contributed by atoms with Crippen molar-refractivity contribution < 1.29 is 14.0 Å². The first-order valence-electron chi connectivity index (χ1n) is 6.86. The van der Waals surface area contributed by atoms with E-state index in [0.29, 0.717) is 0 Å². The van der Waals surface area contributed by atoms with Gasteiger partial charge in [0, 0.05) is 18.2 Å². The van der Waals surface area contributed by atoms with E-state index in [1.807, 2.05) is 6.07 Å². The second-order valence-electron chi connectivity index (χ2n) is 5.15. The monoisotopic (exact) mass is 269 g/mol. The molecule has 2 aliphatic rings. The highest BCUT2D eigenvalue weighted by Crippen LogP contribution is 2.40. The first-order valence-corrected chi connectivity index (χ1v) is 6.86. The van der Waals surface area contributed by atoms with Gasteiger partial charge >= 0.3 is 0 Å². The van der Waals surface area contributed by atoms with Gasteiger partial charge in [-0.3, -0.25) is 0 Å². The van der Waals surface area contributed by atoms with Gasteiger partial charge in [-0.05, 0) is 18.2 Å². The minimum absolute atomic E-state index is 0.909. The number of hydrogen-bond donors (Lipinski definition) is 0. The molecule has 0 amide bonds. The van der Waals surface area contributed by atoms with Gasteiger partial charge in [-0.1, -0.05) is 0 Å². The van der Waals surface area contributed by atoms with E-state index >= 15 is 0 Å². The van der Waals surface area contributed by atoms with Gasteiger partial charge in [0.2, 0.25) is 5.52 Å². The maximum absolute atomic E-state index is 5.53. The van der Waals surface area contributed by atoms with Crippen LogP contribution in [0.4, 0.5) is 5.69 Å². The van der Waals surface area contributed by atoms with Crippen LogP contribution in [-0.4, -0.2) is 27.3 Å². The van der Waals surface area contributed by atoms with E-state index in [4.69, 9.17) is 9.47 Å². The second kappa shape index (κ2) is 4.13. The first kappa shape index (κ1) is 11.6. The lowest BCUT2D eigenvalue weighted by atomic mass is 10.00. The Morgan fingerprint density at radius 3 is 2.85 bits per heavy atom. The first-order chi connectivity index (χ1) is 9.83. The summed E-state index contributed by atoms with van der Waals surface area (Å²) in [5, 5.41) is 1.16. The zero-order valence-electron chi connectivity index (χ0n) is 11.7. The van der Waals surface area contributed by atoms with Crippen molar-refractivity contribution in [1.29, 1.82) is 0 Å². The van der Waals surface area contributed by atoms with E-state index in [9.17, 15) is 0 Å². The van der Waals surface area contributed by atoms with Gasteiger partial charge in [-0.25, -0.2) is 0 Å². The number of methoxy groups -OCH3 is 2. The Balaban J connectivity index is 2.12. The third-order valence-corrected chi connectivity index (χ3v) is 4.24. The smallest absolute Gasteiger partial charge is 0.240 e. The SMILES string of the molecule is COC1=CCN2CC[n+]3ccc(OC)c4ccc1c2c43. The number of anilines is 1. The molecule has 4 rings (SSSR count). The van der Waals surface area contributed by atoms with Crippen LogP contribution < -0.4 is 14.2 Å². The summed E-state index contributed by atoms with van der Waals surface area (Å²) in [7, 11) is 3.46. The summed E-state index contributed by atoms with van der Waals surface area (Å²) in [4.78, 5) is 2.42. The highest BCUT2D eigenvalue weighted by atomic mass is 16.5. The second-order valence-corrected chi connectivity index (χ2v) is 5.15. The van der Waals surface area contributed by atoms with E-state index in [-0.39, 0.29) is 0 Å². The number of benzene rings is 1. The normalized spacial score (nSPS) is 16.1. The van der Waals surface area contributed by atoms with Gasteiger partial charge < -0.3 is 14.4 Å². The minimum Gasteiger partial charge on any atom is -0.496 e. The average molecular weight is 269 g/mol. The summed E-state index contributed by atoms with van der Waals surface area (Å²) in [6.45, 7) is 2.95. The standard InChI is InChI=1S/C16H17N2O2/c1-19-13-5-7-17-9-10-18-8-6-14(20-2)12-4-3-11(13)15(17)16(12)18/h3-7H,8-10H2,1-2H3/q+1. The minimum atomic E-state index is 0.909. The molecule has 2 aromatic rings. The molecular weight excluding hydrogens is 252 g/mol. The van der Waals surface area contributed by atoms with E-state index < -0.39 is 0 Å². The van der Waals surface area contributed by atoms with Crippen LogP contribution in [0.1, 0.15) is 5.56 Å². The molecule has 0 unspecified atom stereocenters. The van der Waals surface area contributed by atoms with Crippen molar-refractivity contribution in [3.05, 3.63) is 36.0 Å². The highest BCUT2D eigenvalue weighted by molar-refractivity contribution is 5.99. The molecule has 0 atom stereocenters. The predicted octanol–water partition coefficient (Wildman–Crippen LogP) is 1.96. The molecule has 0 N–H and O–H groups in total. The maximum atomic E-state index is 5.53. The maximum Gasteiger partial charge on any atom is 0.240 e. The van der Waals surface area contributed by atoms with Gasteiger partial charge in [0.15, 0.2) is 12.7 Å². The zero-order valence-corrected chi connectivity index (χ0v) is 11.7. The number of hydrogen-bond acceptors (Lipinski definition) is 3. The van der Waals surface area contributed by atoms with Crippen molar-refractivity contribution in [2.24, 2.45) is 0 Å². The van der Waals surface area contributed by atoms with E-state index in [1.165, 1.54) is 16.8 Å². The van der Waals surface area contributed by atoms with Crippen molar-refractivity contribution in [3.8, 4) is 5.75 Å². The Labute approximate surface area is 117 Å². The van der Waals surface area contributed by atoms with Crippen LogP contribution in [0.25, 0.3) is 16.7 Å². The Morgan fingerprint density at radius 1 is 1.15 bits per heavy atom. The molecule has 0 bridgehead atoms. The van der Waals surface area contributed by atoms with Crippen LogP contribution in [0.15, 0.2) is 30.5 Å². The van der Waals surface area contributed by atoms with Crippen molar-refractivity contribution in [3.63, 3.8) is 0 Å². The predicted molar refractivity (Wildman–Crippen MR) is 77.9 cm³/mol. The molecule has 1 aromatic carbocycles. The van der Waals surface area contributed by atoms with Crippen molar-refractivity contribution in [1.82, 2.24) is 0 Å². The van der Waals surface area contributed by atoms with E-state index in [0.717, 1.165) is 36.5 Å². The lowest BCUT2D eigenvalue weighted by Gasteiger charge is -2.32. The number of rotatable bonds is 2. The Bertz CT molecular complexity index is 737. The van der Waals surface area contributed by atoms with Gasteiger partial charge in [-0.2, -0.15) is 4.57 Å². The molecule has 0 saturated heterocycles.